The Kier molecular flexibility index (Phi) is 2.58. The fourth-order valence-corrected chi connectivity index (χ4v) is 2.25. The zero-order valence-corrected chi connectivity index (χ0v) is 10.6. The summed E-state index contributed by atoms with van der Waals surface area (Å²) in [5, 5.41) is 17.0. The Labute approximate surface area is 103 Å². The van der Waals surface area contributed by atoms with Gasteiger partial charge in [0.05, 0.1) is 5.69 Å². The van der Waals surface area contributed by atoms with Crippen LogP contribution in [-0.2, 0) is 0 Å². The quantitative estimate of drug-likeness (QED) is 0.901. The summed E-state index contributed by atoms with van der Waals surface area (Å²) >= 11 is 1.45. The molecule has 0 spiro atoms. The van der Waals surface area contributed by atoms with Gasteiger partial charge in [0.25, 0.3) is 0 Å². The number of aromatic amines is 1. The maximum absolute atomic E-state index is 4.45. The third kappa shape index (κ3) is 2.31. The Morgan fingerprint density at radius 1 is 1.29 bits per heavy atom. The number of H-pyrrole nitrogens is 1. The molecule has 0 saturated heterocycles. The SMILES string of the molecule is Cc1cc(Sc2n[nH]c(C3CC3)n2)nnc1C. The maximum Gasteiger partial charge on any atom is 0.214 e. The largest absolute Gasteiger partial charge is 0.262 e. The molecule has 1 aliphatic rings. The number of nitrogens with zero attached hydrogens (tertiary/aromatic N) is 4. The minimum absolute atomic E-state index is 0.600. The zero-order valence-electron chi connectivity index (χ0n) is 9.77. The van der Waals surface area contributed by atoms with Crippen molar-refractivity contribution in [1.29, 1.82) is 0 Å². The van der Waals surface area contributed by atoms with Crippen LogP contribution in [0.1, 0.15) is 35.8 Å². The highest BCUT2D eigenvalue weighted by Gasteiger charge is 2.27. The molecule has 0 aliphatic heterocycles. The molecule has 2 aromatic rings. The van der Waals surface area contributed by atoms with E-state index in [2.05, 4.69) is 25.4 Å². The topological polar surface area (TPSA) is 67.3 Å². The summed E-state index contributed by atoms with van der Waals surface area (Å²) < 4.78 is 0. The maximum atomic E-state index is 4.45. The average molecular weight is 247 g/mol. The second kappa shape index (κ2) is 4.10. The predicted octanol–water partition coefficient (Wildman–Crippen LogP) is 2.24. The molecule has 88 valence electrons. The van der Waals surface area contributed by atoms with Crippen LogP contribution in [0.5, 0.6) is 0 Å². The van der Waals surface area contributed by atoms with Crippen molar-refractivity contribution in [2.24, 2.45) is 0 Å². The van der Waals surface area contributed by atoms with Gasteiger partial charge in [0, 0.05) is 5.92 Å². The van der Waals surface area contributed by atoms with Gasteiger partial charge < -0.3 is 0 Å². The molecular weight excluding hydrogens is 234 g/mol. The van der Waals surface area contributed by atoms with Crippen molar-refractivity contribution in [3.63, 3.8) is 0 Å². The molecule has 0 amide bonds. The highest BCUT2D eigenvalue weighted by Crippen LogP contribution is 2.38. The fraction of sp³-hybridized carbons (Fsp3) is 0.455. The molecule has 2 aromatic heterocycles. The van der Waals surface area contributed by atoms with Gasteiger partial charge in [-0.05, 0) is 50.1 Å². The molecule has 1 aliphatic carbocycles. The molecule has 0 bridgehead atoms. The number of hydrogen-bond donors (Lipinski definition) is 1. The van der Waals surface area contributed by atoms with E-state index < -0.39 is 0 Å². The van der Waals surface area contributed by atoms with E-state index in [4.69, 9.17) is 0 Å². The van der Waals surface area contributed by atoms with Crippen LogP contribution in [0.4, 0.5) is 0 Å². The molecule has 5 nitrogen and oxygen atoms in total. The summed E-state index contributed by atoms with van der Waals surface area (Å²) in [5.41, 5.74) is 2.10. The number of aromatic nitrogens is 5. The summed E-state index contributed by atoms with van der Waals surface area (Å²) in [7, 11) is 0. The summed E-state index contributed by atoms with van der Waals surface area (Å²) in [6.07, 6.45) is 2.45. The smallest absolute Gasteiger partial charge is 0.214 e. The molecule has 1 N–H and O–H groups in total. The van der Waals surface area contributed by atoms with Crippen LogP contribution in [0.25, 0.3) is 0 Å². The Morgan fingerprint density at radius 2 is 2.12 bits per heavy atom. The van der Waals surface area contributed by atoms with Gasteiger partial charge in [-0.25, -0.2) is 4.98 Å². The molecule has 6 heteroatoms. The fourth-order valence-electron chi connectivity index (χ4n) is 1.51. The van der Waals surface area contributed by atoms with E-state index in [1.165, 1.54) is 24.6 Å². The van der Waals surface area contributed by atoms with Crippen molar-refractivity contribution < 1.29 is 0 Å². The molecule has 0 atom stereocenters. The van der Waals surface area contributed by atoms with E-state index in [0.717, 1.165) is 27.3 Å². The second-order valence-corrected chi connectivity index (χ2v) is 5.32. The number of nitrogens with one attached hydrogen (secondary N) is 1. The monoisotopic (exact) mass is 247 g/mol. The van der Waals surface area contributed by atoms with Crippen LogP contribution >= 0.6 is 11.8 Å². The van der Waals surface area contributed by atoms with E-state index >= 15 is 0 Å². The van der Waals surface area contributed by atoms with Crippen molar-refractivity contribution in [3.05, 3.63) is 23.1 Å². The minimum atomic E-state index is 0.600. The van der Waals surface area contributed by atoms with Gasteiger partial charge in [-0.1, -0.05) is 0 Å². The lowest BCUT2D eigenvalue weighted by Crippen LogP contribution is -1.92. The van der Waals surface area contributed by atoms with Crippen LogP contribution in [0, 0.1) is 13.8 Å². The average Bonchev–Trinajstić information content (AvgIpc) is 3.06. The van der Waals surface area contributed by atoms with E-state index in [9.17, 15) is 0 Å². The lowest BCUT2D eigenvalue weighted by Gasteiger charge is -1.99. The Bertz CT molecular complexity index is 547. The van der Waals surface area contributed by atoms with E-state index in [1.807, 2.05) is 19.9 Å². The lowest BCUT2D eigenvalue weighted by molar-refractivity contribution is 0.874. The Morgan fingerprint density at radius 3 is 2.82 bits per heavy atom. The van der Waals surface area contributed by atoms with Gasteiger partial charge >= 0.3 is 0 Å². The van der Waals surface area contributed by atoms with Crippen molar-refractivity contribution in [2.45, 2.75) is 42.8 Å². The van der Waals surface area contributed by atoms with Crippen LogP contribution in [-0.4, -0.2) is 25.4 Å². The predicted molar refractivity (Wildman–Crippen MR) is 64.0 cm³/mol. The third-order valence-corrected chi connectivity index (χ3v) is 3.63. The lowest BCUT2D eigenvalue weighted by atomic mass is 10.3. The first-order chi connectivity index (χ1) is 8.22. The van der Waals surface area contributed by atoms with Gasteiger partial charge in [-0.3, -0.25) is 5.10 Å². The number of rotatable bonds is 3. The highest BCUT2D eigenvalue weighted by atomic mass is 32.2. The first-order valence-corrected chi connectivity index (χ1v) is 6.45. The third-order valence-electron chi connectivity index (χ3n) is 2.85. The second-order valence-electron chi connectivity index (χ2n) is 4.33. The van der Waals surface area contributed by atoms with Gasteiger partial charge in [-0.15, -0.1) is 10.2 Å². The first-order valence-electron chi connectivity index (χ1n) is 5.63. The summed E-state index contributed by atoms with van der Waals surface area (Å²) in [6, 6.07) is 2.01. The number of hydrogen-bond acceptors (Lipinski definition) is 5. The number of aryl methyl sites for hydroxylation is 2. The van der Waals surface area contributed by atoms with Crippen molar-refractivity contribution >= 4 is 11.8 Å². The van der Waals surface area contributed by atoms with E-state index in [-0.39, 0.29) is 0 Å². The van der Waals surface area contributed by atoms with E-state index in [0.29, 0.717) is 5.92 Å². The van der Waals surface area contributed by atoms with E-state index in [1.54, 1.807) is 0 Å². The van der Waals surface area contributed by atoms with Crippen molar-refractivity contribution in [3.8, 4) is 0 Å². The first kappa shape index (κ1) is 10.7. The molecule has 3 rings (SSSR count). The van der Waals surface area contributed by atoms with Gasteiger partial charge in [0.2, 0.25) is 5.16 Å². The molecular formula is C11H13N5S. The van der Waals surface area contributed by atoms with Crippen molar-refractivity contribution in [2.75, 3.05) is 0 Å². The van der Waals surface area contributed by atoms with Crippen LogP contribution < -0.4 is 0 Å². The standard InChI is InChI=1S/C11H13N5S/c1-6-5-9(14-13-7(6)2)17-11-12-10(15-16-11)8-3-4-8/h5,8H,3-4H2,1-2H3,(H,12,15,16). The zero-order chi connectivity index (χ0) is 11.8. The molecule has 0 radical (unpaired) electrons. The Hall–Kier alpha value is -1.43. The minimum Gasteiger partial charge on any atom is -0.262 e. The van der Waals surface area contributed by atoms with Crippen molar-refractivity contribution in [1.82, 2.24) is 25.4 Å². The molecule has 17 heavy (non-hydrogen) atoms. The van der Waals surface area contributed by atoms with Gasteiger partial charge in [0.15, 0.2) is 0 Å². The molecule has 0 unspecified atom stereocenters. The highest BCUT2D eigenvalue weighted by molar-refractivity contribution is 7.99. The molecule has 1 saturated carbocycles. The Balaban J connectivity index is 1.78. The van der Waals surface area contributed by atoms with Gasteiger partial charge in [0.1, 0.15) is 10.9 Å². The summed E-state index contributed by atoms with van der Waals surface area (Å²) in [6.45, 7) is 3.98. The van der Waals surface area contributed by atoms with Crippen LogP contribution in [0.2, 0.25) is 0 Å². The molecule has 1 fully saturated rings. The normalized spacial score (nSPS) is 15.2. The molecule has 2 heterocycles. The summed E-state index contributed by atoms with van der Waals surface area (Å²) in [5.74, 6) is 1.60. The summed E-state index contributed by atoms with van der Waals surface area (Å²) in [4.78, 5) is 4.45. The van der Waals surface area contributed by atoms with Crippen LogP contribution in [0.3, 0.4) is 0 Å². The van der Waals surface area contributed by atoms with Crippen LogP contribution in [0.15, 0.2) is 16.2 Å². The van der Waals surface area contributed by atoms with Gasteiger partial charge in [-0.2, -0.15) is 5.10 Å². The molecule has 0 aromatic carbocycles.